The largest absolute Gasteiger partial charge is 0.337 e. The Kier molecular flexibility index (Phi) is 2.56. The molecule has 4 heteroatoms. The molecule has 0 aliphatic carbocycles. The van der Waals surface area contributed by atoms with E-state index in [4.69, 9.17) is 0 Å². The summed E-state index contributed by atoms with van der Waals surface area (Å²) in [6.45, 7) is 4.41. The number of nitrogens with zero attached hydrogens (tertiary/aromatic N) is 3. The molecule has 0 amide bonds. The average Bonchev–Trinajstić information content (AvgIpc) is 2.47. The fourth-order valence-corrected chi connectivity index (χ4v) is 1.84. The Labute approximate surface area is 84.9 Å². The summed E-state index contributed by atoms with van der Waals surface area (Å²) in [6, 6.07) is 1.06. The van der Waals surface area contributed by atoms with Crippen molar-refractivity contribution in [1.29, 1.82) is 0 Å². The summed E-state index contributed by atoms with van der Waals surface area (Å²) in [6.07, 6.45) is 3.86. The predicted molar refractivity (Wildman–Crippen MR) is 56.0 cm³/mol. The fraction of sp³-hybridized carbons (Fsp3) is 0.700. The zero-order valence-corrected chi connectivity index (χ0v) is 9.07. The normalized spacial score (nSPS) is 19.7. The number of aromatic nitrogens is 2. The Hall–Kier alpha value is -0.870. The highest BCUT2D eigenvalue weighted by Gasteiger charge is 2.27. The number of aryl methyl sites for hydroxylation is 1. The maximum absolute atomic E-state index is 4.38. The van der Waals surface area contributed by atoms with Crippen molar-refractivity contribution >= 4 is 0 Å². The summed E-state index contributed by atoms with van der Waals surface area (Å²) < 4.78 is 2.09. The van der Waals surface area contributed by atoms with Gasteiger partial charge < -0.3 is 9.88 Å². The van der Waals surface area contributed by atoms with E-state index in [0.29, 0.717) is 12.1 Å². The molecule has 1 fully saturated rings. The van der Waals surface area contributed by atoms with Crippen molar-refractivity contribution in [1.82, 2.24) is 19.8 Å². The molecule has 14 heavy (non-hydrogen) atoms. The van der Waals surface area contributed by atoms with Crippen molar-refractivity contribution in [2.45, 2.75) is 19.0 Å². The van der Waals surface area contributed by atoms with Gasteiger partial charge in [-0.3, -0.25) is 4.90 Å². The van der Waals surface area contributed by atoms with Crippen LogP contribution < -0.4 is 5.32 Å². The first-order valence-electron chi connectivity index (χ1n) is 5.10. The van der Waals surface area contributed by atoms with Gasteiger partial charge in [0.1, 0.15) is 5.82 Å². The second-order valence-corrected chi connectivity index (χ2v) is 4.05. The van der Waals surface area contributed by atoms with Crippen LogP contribution in [0.1, 0.15) is 18.8 Å². The van der Waals surface area contributed by atoms with Gasteiger partial charge in [0.15, 0.2) is 0 Å². The molecule has 1 atom stereocenters. The molecule has 4 nitrogen and oxygen atoms in total. The first-order valence-corrected chi connectivity index (χ1v) is 5.10. The first kappa shape index (κ1) is 9.68. The standard InChI is InChI=1S/C10H18N4/c1-8(10-12-4-5-13(10)2)14(3)9-6-11-7-9/h4-5,8-9,11H,6-7H2,1-3H3. The topological polar surface area (TPSA) is 33.1 Å². The van der Waals surface area contributed by atoms with Crippen LogP contribution in [0.2, 0.25) is 0 Å². The molecule has 2 heterocycles. The summed E-state index contributed by atoms with van der Waals surface area (Å²) in [5, 5.41) is 3.29. The van der Waals surface area contributed by atoms with Gasteiger partial charge in [0.2, 0.25) is 0 Å². The van der Waals surface area contributed by atoms with Crippen LogP contribution in [0.25, 0.3) is 0 Å². The van der Waals surface area contributed by atoms with E-state index in [9.17, 15) is 0 Å². The van der Waals surface area contributed by atoms with Crippen molar-refractivity contribution in [2.24, 2.45) is 7.05 Å². The smallest absolute Gasteiger partial charge is 0.125 e. The van der Waals surface area contributed by atoms with E-state index in [0.717, 1.165) is 18.9 Å². The number of hydrogen-bond acceptors (Lipinski definition) is 3. The minimum atomic E-state index is 0.391. The Bertz CT molecular complexity index is 303. The second kappa shape index (κ2) is 3.71. The molecule has 1 unspecified atom stereocenters. The Morgan fingerprint density at radius 3 is 2.79 bits per heavy atom. The third-order valence-electron chi connectivity index (χ3n) is 3.18. The lowest BCUT2D eigenvalue weighted by molar-refractivity contribution is 0.130. The lowest BCUT2D eigenvalue weighted by Crippen LogP contribution is -2.56. The molecule has 0 radical (unpaired) electrons. The van der Waals surface area contributed by atoms with E-state index in [1.165, 1.54) is 0 Å². The summed E-state index contributed by atoms with van der Waals surface area (Å²) in [5.41, 5.74) is 0. The highest BCUT2D eigenvalue weighted by atomic mass is 15.3. The number of likely N-dealkylation sites (N-methyl/N-ethyl adjacent to an activating group) is 1. The maximum Gasteiger partial charge on any atom is 0.125 e. The highest BCUT2D eigenvalue weighted by molar-refractivity contribution is 4.99. The number of imidazole rings is 1. The van der Waals surface area contributed by atoms with E-state index in [1.807, 2.05) is 19.4 Å². The third-order valence-corrected chi connectivity index (χ3v) is 3.18. The molecule has 2 rings (SSSR count). The van der Waals surface area contributed by atoms with Gasteiger partial charge in [-0.15, -0.1) is 0 Å². The van der Waals surface area contributed by atoms with Gasteiger partial charge in [-0.05, 0) is 14.0 Å². The van der Waals surface area contributed by atoms with Crippen LogP contribution in [0.4, 0.5) is 0 Å². The van der Waals surface area contributed by atoms with E-state index in [1.54, 1.807) is 0 Å². The maximum atomic E-state index is 4.38. The van der Waals surface area contributed by atoms with Gasteiger partial charge in [-0.25, -0.2) is 4.98 Å². The van der Waals surface area contributed by atoms with Gasteiger partial charge in [0.05, 0.1) is 6.04 Å². The molecule has 1 aliphatic rings. The van der Waals surface area contributed by atoms with Gasteiger partial charge in [-0.1, -0.05) is 0 Å². The molecule has 1 aromatic heterocycles. The lowest BCUT2D eigenvalue weighted by atomic mass is 10.1. The second-order valence-electron chi connectivity index (χ2n) is 4.05. The van der Waals surface area contributed by atoms with Crippen molar-refractivity contribution in [3.63, 3.8) is 0 Å². The molecule has 0 bridgehead atoms. The number of rotatable bonds is 3. The van der Waals surface area contributed by atoms with Crippen LogP contribution >= 0.6 is 0 Å². The minimum absolute atomic E-state index is 0.391. The zero-order valence-electron chi connectivity index (χ0n) is 9.07. The summed E-state index contributed by atoms with van der Waals surface area (Å²) in [7, 11) is 4.22. The van der Waals surface area contributed by atoms with Gasteiger partial charge in [0.25, 0.3) is 0 Å². The molecular formula is C10H18N4. The van der Waals surface area contributed by atoms with Gasteiger partial charge in [0, 0.05) is 38.6 Å². The van der Waals surface area contributed by atoms with E-state index in [2.05, 4.69) is 33.7 Å². The van der Waals surface area contributed by atoms with E-state index >= 15 is 0 Å². The van der Waals surface area contributed by atoms with Crippen LogP contribution in [0.3, 0.4) is 0 Å². The molecule has 1 aromatic rings. The van der Waals surface area contributed by atoms with Crippen LogP contribution in [0.5, 0.6) is 0 Å². The van der Waals surface area contributed by atoms with Crippen LogP contribution in [-0.2, 0) is 7.05 Å². The monoisotopic (exact) mass is 194 g/mol. The highest BCUT2D eigenvalue weighted by Crippen LogP contribution is 2.19. The minimum Gasteiger partial charge on any atom is -0.337 e. The fourth-order valence-electron chi connectivity index (χ4n) is 1.84. The first-order chi connectivity index (χ1) is 6.70. The zero-order chi connectivity index (χ0) is 10.1. The molecule has 0 spiro atoms. The summed E-state index contributed by atoms with van der Waals surface area (Å²) in [4.78, 5) is 6.77. The van der Waals surface area contributed by atoms with Crippen molar-refractivity contribution in [3.8, 4) is 0 Å². The number of nitrogens with one attached hydrogen (secondary N) is 1. The van der Waals surface area contributed by atoms with Crippen molar-refractivity contribution < 1.29 is 0 Å². The van der Waals surface area contributed by atoms with Crippen molar-refractivity contribution in [3.05, 3.63) is 18.2 Å². The summed E-state index contributed by atoms with van der Waals surface area (Å²) in [5.74, 6) is 1.14. The Morgan fingerprint density at radius 1 is 1.64 bits per heavy atom. The van der Waals surface area contributed by atoms with Crippen molar-refractivity contribution in [2.75, 3.05) is 20.1 Å². The average molecular weight is 194 g/mol. The van der Waals surface area contributed by atoms with E-state index in [-0.39, 0.29) is 0 Å². The Balaban J connectivity index is 2.07. The van der Waals surface area contributed by atoms with Crippen LogP contribution in [-0.4, -0.2) is 40.6 Å². The molecular weight excluding hydrogens is 176 g/mol. The molecule has 78 valence electrons. The summed E-state index contributed by atoms with van der Waals surface area (Å²) >= 11 is 0. The van der Waals surface area contributed by atoms with E-state index < -0.39 is 0 Å². The lowest BCUT2D eigenvalue weighted by Gasteiger charge is -2.38. The van der Waals surface area contributed by atoms with Gasteiger partial charge >= 0.3 is 0 Å². The quantitative estimate of drug-likeness (QED) is 0.755. The Morgan fingerprint density at radius 2 is 2.36 bits per heavy atom. The van der Waals surface area contributed by atoms with Crippen LogP contribution in [0.15, 0.2) is 12.4 Å². The SMILES string of the molecule is CC(c1nccn1C)N(C)C1CNC1. The molecule has 1 aliphatic heterocycles. The number of hydrogen-bond donors (Lipinski definition) is 1. The third kappa shape index (κ3) is 1.55. The molecule has 0 saturated carbocycles. The molecule has 1 N–H and O–H groups in total. The molecule has 1 saturated heterocycles. The predicted octanol–water partition coefficient (Wildman–Crippen LogP) is 0.385. The van der Waals surface area contributed by atoms with Crippen LogP contribution in [0, 0.1) is 0 Å². The molecule has 0 aromatic carbocycles. The van der Waals surface area contributed by atoms with Gasteiger partial charge in [-0.2, -0.15) is 0 Å².